The predicted octanol–water partition coefficient (Wildman–Crippen LogP) is 1.26. The van der Waals surface area contributed by atoms with E-state index in [1.807, 2.05) is 13.8 Å². The van der Waals surface area contributed by atoms with Crippen molar-refractivity contribution in [2.75, 3.05) is 12.3 Å². The zero-order valence-corrected chi connectivity index (χ0v) is 11.7. The summed E-state index contributed by atoms with van der Waals surface area (Å²) < 4.78 is 25.8. The first-order valence-electron chi connectivity index (χ1n) is 5.67. The minimum absolute atomic E-state index is 0. The third-order valence-corrected chi connectivity index (χ3v) is 4.70. The first-order valence-corrected chi connectivity index (χ1v) is 7.32. The van der Waals surface area contributed by atoms with Gasteiger partial charge in [-0.2, -0.15) is 0 Å². The Bertz CT molecular complexity index is 298. The van der Waals surface area contributed by atoms with Crippen molar-refractivity contribution < 1.29 is 8.42 Å². The maximum Gasteiger partial charge on any atom is 0.211 e. The van der Waals surface area contributed by atoms with Crippen LogP contribution in [-0.2, 0) is 10.0 Å². The summed E-state index contributed by atoms with van der Waals surface area (Å²) in [5, 5.41) is 0. The number of rotatable bonds is 7. The Labute approximate surface area is 105 Å². The molecule has 0 heterocycles. The van der Waals surface area contributed by atoms with Crippen LogP contribution in [0.2, 0.25) is 0 Å². The van der Waals surface area contributed by atoms with Crippen molar-refractivity contribution in [3.8, 4) is 0 Å². The highest BCUT2D eigenvalue weighted by molar-refractivity contribution is 7.89. The summed E-state index contributed by atoms with van der Waals surface area (Å²) in [5.41, 5.74) is 5.63. The molecule has 16 heavy (non-hydrogen) atoms. The van der Waals surface area contributed by atoms with Gasteiger partial charge in [0.15, 0.2) is 0 Å². The van der Waals surface area contributed by atoms with Gasteiger partial charge in [0.1, 0.15) is 0 Å². The lowest BCUT2D eigenvalue weighted by Crippen LogP contribution is -2.49. The third-order valence-electron chi connectivity index (χ3n) is 3.20. The van der Waals surface area contributed by atoms with Gasteiger partial charge in [0.25, 0.3) is 0 Å². The van der Waals surface area contributed by atoms with Crippen molar-refractivity contribution in [1.82, 2.24) is 4.72 Å². The molecule has 4 nitrogen and oxygen atoms in total. The molecular formula is C10H23ClN2O2S. The normalized spacial score (nSPS) is 16.9. The van der Waals surface area contributed by atoms with Crippen LogP contribution < -0.4 is 10.5 Å². The van der Waals surface area contributed by atoms with E-state index in [0.717, 1.165) is 25.7 Å². The van der Waals surface area contributed by atoms with Crippen LogP contribution in [0.5, 0.6) is 0 Å². The van der Waals surface area contributed by atoms with Crippen LogP contribution in [0.1, 0.15) is 39.5 Å². The number of hydrogen-bond donors (Lipinski definition) is 2. The molecule has 0 unspecified atom stereocenters. The minimum Gasteiger partial charge on any atom is -0.324 e. The quantitative estimate of drug-likeness (QED) is 0.731. The molecule has 1 fully saturated rings. The van der Waals surface area contributed by atoms with E-state index < -0.39 is 15.6 Å². The summed E-state index contributed by atoms with van der Waals surface area (Å²) >= 11 is 0. The number of sulfonamides is 1. The van der Waals surface area contributed by atoms with Crippen LogP contribution in [-0.4, -0.2) is 26.3 Å². The van der Waals surface area contributed by atoms with Crippen molar-refractivity contribution in [2.24, 2.45) is 11.7 Å². The van der Waals surface area contributed by atoms with Crippen LogP contribution >= 0.6 is 12.4 Å². The lowest BCUT2D eigenvalue weighted by Gasteiger charge is -2.26. The van der Waals surface area contributed by atoms with E-state index in [9.17, 15) is 8.42 Å². The van der Waals surface area contributed by atoms with Crippen LogP contribution in [0.15, 0.2) is 0 Å². The molecule has 0 aromatic rings. The molecular weight excluding hydrogens is 248 g/mol. The maximum atomic E-state index is 11.6. The van der Waals surface area contributed by atoms with Gasteiger partial charge in [0, 0.05) is 12.1 Å². The van der Waals surface area contributed by atoms with Crippen LogP contribution in [0.25, 0.3) is 0 Å². The monoisotopic (exact) mass is 270 g/mol. The molecule has 0 aliphatic heterocycles. The van der Waals surface area contributed by atoms with Gasteiger partial charge in [0.2, 0.25) is 10.0 Å². The van der Waals surface area contributed by atoms with Gasteiger partial charge in [-0.05, 0) is 31.6 Å². The smallest absolute Gasteiger partial charge is 0.211 e. The second-order valence-corrected chi connectivity index (χ2v) is 6.47. The van der Waals surface area contributed by atoms with Crippen LogP contribution in [0, 0.1) is 5.92 Å². The molecule has 3 N–H and O–H groups in total. The molecule has 0 radical (unpaired) electrons. The van der Waals surface area contributed by atoms with E-state index in [1.54, 1.807) is 0 Å². The molecule has 1 saturated carbocycles. The van der Waals surface area contributed by atoms with E-state index >= 15 is 0 Å². The summed E-state index contributed by atoms with van der Waals surface area (Å²) in [4.78, 5) is 0. The number of nitrogens with two attached hydrogens (primary N) is 1. The molecule has 0 saturated heterocycles. The topological polar surface area (TPSA) is 72.2 Å². The maximum absolute atomic E-state index is 11.6. The van der Waals surface area contributed by atoms with E-state index in [4.69, 9.17) is 5.73 Å². The predicted molar refractivity (Wildman–Crippen MR) is 69.3 cm³/mol. The first-order chi connectivity index (χ1) is 6.91. The fraction of sp³-hybridized carbons (Fsp3) is 1.00. The fourth-order valence-corrected chi connectivity index (χ4v) is 2.99. The van der Waals surface area contributed by atoms with E-state index in [2.05, 4.69) is 4.72 Å². The molecule has 0 amide bonds. The van der Waals surface area contributed by atoms with E-state index in [1.165, 1.54) is 0 Å². The Kier molecular flexibility index (Phi) is 6.25. The van der Waals surface area contributed by atoms with Crippen LogP contribution in [0.3, 0.4) is 0 Å². The van der Waals surface area contributed by atoms with E-state index in [-0.39, 0.29) is 18.2 Å². The highest BCUT2D eigenvalue weighted by Crippen LogP contribution is 2.30. The van der Waals surface area contributed by atoms with Gasteiger partial charge >= 0.3 is 0 Å². The highest BCUT2D eigenvalue weighted by Gasteiger charge is 2.29. The molecule has 0 atom stereocenters. The minimum atomic E-state index is -3.10. The van der Waals surface area contributed by atoms with Crippen molar-refractivity contribution in [3.63, 3.8) is 0 Å². The van der Waals surface area contributed by atoms with Crippen molar-refractivity contribution in [3.05, 3.63) is 0 Å². The van der Waals surface area contributed by atoms with Gasteiger partial charge in [-0.25, -0.2) is 13.1 Å². The Hall–Kier alpha value is 0.160. The molecule has 0 aromatic carbocycles. The van der Waals surface area contributed by atoms with Gasteiger partial charge in [-0.1, -0.05) is 13.8 Å². The summed E-state index contributed by atoms with van der Waals surface area (Å²) in [6.07, 6.45) is 3.68. The second-order valence-electron chi connectivity index (χ2n) is 4.62. The molecule has 6 heteroatoms. The second kappa shape index (κ2) is 6.19. The molecule has 0 spiro atoms. The molecule has 0 bridgehead atoms. The van der Waals surface area contributed by atoms with E-state index in [0.29, 0.717) is 12.5 Å². The standard InChI is InChI=1S/C10H22N2O2S.ClH/c1-3-10(11,4-2)8-12-15(13,14)7-9-5-6-9;/h9,12H,3-8,11H2,1-2H3;1H. The van der Waals surface area contributed by atoms with Gasteiger partial charge in [0.05, 0.1) is 5.75 Å². The number of hydrogen-bond acceptors (Lipinski definition) is 3. The van der Waals surface area contributed by atoms with Crippen molar-refractivity contribution in [2.45, 2.75) is 45.1 Å². The lowest BCUT2D eigenvalue weighted by atomic mass is 9.95. The SMILES string of the molecule is CCC(N)(CC)CNS(=O)(=O)CC1CC1.Cl. The fourth-order valence-electron chi connectivity index (χ4n) is 1.41. The van der Waals surface area contributed by atoms with Gasteiger partial charge in [-0.3, -0.25) is 0 Å². The number of nitrogens with one attached hydrogen (secondary N) is 1. The van der Waals surface area contributed by atoms with Gasteiger partial charge in [-0.15, -0.1) is 12.4 Å². The van der Waals surface area contributed by atoms with Crippen molar-refractivity contribution >= 4 is 22.4 Å². The largest absolute Gasteiger partial charge is 0.324 e. The highest BCUT2D eigenvalue weighted by atomic mass is 35.5. The molecule has 1 aliphatic carbocycles. The first kappa shape index (κ1) is 16.2. The third kappa shape index (κ3) is 5.48. The average Bonchev–Trinajstić information content (AvgIpc) is 2.98. The van der Waals surface area contributed by atoms with Gasteiger partial charge < -0.3 is 5.73 Å². The Balaban J connectivity index is 0.00000225. The molecule has 98 valence electrons. The summed E-state index contributed by atoms with van der Waals surface area (Å²) in [5.74, 6) is 0.661. The zero-order valence-electron chi connectivity index (χ0n) is 10.0. The zero-order chi connectivity index (χ0) is 11.5. The summed E-state index contributed by atoms with van der Waals surface area (Å²) in [6, 6.07) is 0. The van der Waals surface area contributed by atoms with Crippen LogP contribution in [0.4, 0.5) is 0 Å². The summed E-state index contributed by atoms with van der Waals surface area (Å²) in [7, 11) is -3.10. The van der Waals surface area contributed by atoms with Crippen molar-refractivity contribution in [1.29, 1.82) is 0 Å². The molecule has 1 rings (SSSR count). The molecule has 0 aromatic heterocycles. The Morgan fingerprint density at radius 2 is 1.81 bits per heavy atom. The molecule has 1 aliphatic rings. The Morgan fingerprint density at radius 3 is 2.19 bits per heavy atom. The summed E-state index contributed by atoms with van der Waals surface area (Å²) in [6.45, 7) is 4.33. The number of halogens is 1. The average molecular weight is 271 g/mol. The Morgan fingerprint density at radius 1 is 1.31 bits per heavy atom. The lowest BCUT2D eigenvalue weighted by molar-refractivity contribution is 0.391.